The standard InChI is InChI=1S/C23H33N3O2/c1-17-14-19(15-24-20-8-6-5-7-9-20)18(2)26(17)21-10-12-22(13-11-21)28-16-23(27)25(3)4/h10-14,20,24H,5-9,15-16H2,1-4H3. The summed E-state index contributed by atoms with van der Waals surface area (Å²) >= 11 is 0. The van der Waals surface area contributed by atoms with Crippen LogP contribution in [0.5, 0.6) is 5.75 Å². The summed E-state index contributed by atoms with van der Waals surface area (Å²) in [6, 6.07) is 10.9. The van der Waals surface area contributed by atoms with Crippen LogP contribution in [0.1, 0.15) is 49.1 Å². The Balaban J connectivity index is 1.66. The minimum atomic E-state index is -0.0451. The fourth-order valence-corrected chi connectivity index (χ4v) is 3.93. The number of rotatable bonds is 7. The minimum Gasteiger partial charge on any atom is -0.484 e. The van der Waals surface area contributed by atoms with Crippen molar-refractivity contribution in [2.24, 2.45) is 0 Å². The van der Waals surface area contributed by atoms with E-state index in [0.29, 0.717) is 11.8 Å². The first-order chi connectivity index (χ1) is 13.5. The molecule has 1 aliphatic carbocycles. The van der Waals surface area contributed by atoms with Crippen molar-refractivity contribution in [2.45, 2.75) is 58.5 Å². The zero-order valence-electron chi connectivity index (χ0n) is 17.6. The average Bonchev–Trinajstić information content (AvgIpc) is 2.99. The van der Waals surface area contributed by atoms with Gasteiger partial charge in [0.25, 0.3) is 5.91 Å². The van der Waals surface area contributed by atoms with Gasteiger partial charge in [0.1, 0.15) is 5.75 Å². The van der Waals surface area contributed by atoms with Crippen molar-refractivity contribution >= 4 is 5.91 Å². The number of nitrogens with zero attached hydrogens (tertiary/aromatic N) is 2. The summed E-state index contributed by atoms with van der Waals surface area (Å²) in [6.07, 6.45) is 6.69. The number of ether oxygens (including phenoxy) is 1. The molecule has 1 aliphatic rings. The molecular formula is C23H33N3O2. The summed E-state index contributed by atoms with van der Waals surface area (Å²) < 4.78 is 7.87. The Bertz CT molecular complexity index is 787. The second-order valence-corrected chi connectivity index (χ2v) is 8.02. The maximum atomic E-state index is 11.7. The van der Waals surface area contributed by atoms with E-state index in [-0.39, 0.29) is 12.5 Å². The van der Waals surface area contributed by atoms with Gasteiger partial charge in [-0.2, -0.15) is 0 Å². The smallest absolute Gasteiger partial charge is 0.259 e. The van der Waals surface area contributed by atoms with Gasteiger partial charge in [-0.15, -0.1) is 0 Å². The van der Waals surface area contributed by atoms with Gasteiger partial charge >= 0.3 is 0 Å². The highest BCUT2D eigenvalue weighted by Gasteiger charge is 2.15. The first-order valence-corrected chi connectivity index (χ1v) is 10.3. The Labute approximate surface area is 168 Å². The van der Waals surface area contributed by atoms with Gasteiger partial charge in [-0.05, 0) is 62.6 Å². The number of carbonyl (C=O) groups is 1. The maximum absolute atomic E-state index is 11.7. The molecular weight excluding hydrogens is 350 g/mol. The van der Waals surface area contributed by atoms with Crippen LogP contribution in [0, 0.1) is 13.8 Å². The van der Waals surface area contributed by atoms with E-state index in [1.165, 1.54) is 54.0 Å². The third-order valence-corrected chi connectivity index (χ3v) is 5.68. The number of amides is 1. The Morgan fingerprint density at radius 2 is 1.82 bits per heavy atom. The van der Waals surface area contributed by atoms with Crippen molar-refractivity contribution in [3.05, 3.63) is 47.3 Å². The summed E-state index contributed by atoms with van der Waals surface area (Å²) in [6.45, 7) is 5.32. The molecule has 0 saturated heterocycles. The SMILES string of the molecule is Cc1cc(CNC2CCCCC2)c(C)n1-c1ccc(OCC(=O)N(C)C)cc1. The summed E-state index contributed by atoms with van der Waals surface area (Å²) in [4.78, 5) is 13.2. The highest BCUT2D eigenvalue weighted by atomic mass is 16.5. The van der Waals surface area contributed by atoms with Crippen LogP contribution in [0.3, 0.4) is 0 Å². The Morgan fingerprint density at radius 1 is 1.14 bits per heavy atom. The Hall–Kier alpha value is -2.27. The number of hydrogen-bond acceptors (Lipinski definition) is 3. The lowest BCUT2D eigenvalue weighted by Crippen LogP contribution is -2.30. The normalized spacial score (nSPS) is 14.9. The van der Waals surface area contributed by atoms with E-state index in [4.69, 9.17) is 4.74 Å². The molecule has 1 saturated carbocycles. The minimum absolute atomic E-state index is 0.0451. The van der Waals surface area contributed by atoms with Crippen LogP contribution < -0.4 is 10.1 Å². The molecule has 0 unspecified atom stereocenters. The van der Waals surface area contributed by atoms with E-state index >= 15 is 0 Å². The van der Waals surface area contributed by atoms with Crippen LogP contribution in [0.4, 0.5) is 0 Å². The quantitative estimate of drug-likeness (QED) is 0.787. The molecule has 1 amide bonds. The molecule has 5 nitrogen and oxygen atoms in total. The summed E-state index contributed by atoms with van der Waals surface area (Å²) in [5, 5.41) is 3.75. The lowest BCUT2D eigenvalue weighted by Gasteiger charge is -2.22. The number of benzene rings is 1. The lowest BCUT2D eigenvalue weighted by molar-refractivity contribution is -0.130. The molecule has 0 spiro atoms. The molecule has 1 aromatic carbocycles. The van der Waals surface area contributed by atoms with Crippen molar-refractivity contribution in [2.75, 3.05) is 20.7 Å². The molecule has 3 rings (SSSR count). The summed E-state index contributed by atoms with van der Waals surface area (Å²) in [7, 11) is 3.46. The van der Waals surface area contributed by atoms with Crippen LogP contribution in [0.25, 0.3) is 5.69 Å². The van der Waals surface area contributed by atoms with Crippen LogP contribution in [0.15, 0.2) is 30.3 Å². The highest BCUT2D eigenvalue weighted by molar-refractivity contribution is 5.77. The van der Waals surface area contributed by atoms with E-state index in [0.717, 1.165) is 12.2 Å². The van der Waals surface area contributed by atoms with Crippen LogP contribution in [-0.4, -0.2) is 42.1 Å². The van der Waals surface area contributed by atoms with Crippen molar-refractivity contribution in [1.82, 2.24) is 14.8 Å². The Morgan fingerprint density at radius 3 is 2.46 bits per heavy atom. The van der Waals surface area contributed by atoms with Crippen LogP contribution >= 0.6 is 0 Å². The third-order valence-electron chi connectivity index (χ3n) is 5.68. The fraction of sp³-hybridized carbons (Fsp3) is 0.522. The van der Waals surface area contributed by atoms with Crippen molar-refractivity contribution in [3.63, 3.8) is 0 Å². The molecule has 0 aliphatic heterocycles. The topological polar surface area (TPSA) is 46.5 Å². The zero-order chi connectivity index (χ0) is 20.1. The van der Waals surface area contributed by atoms with E-state index in [1.807, 2.05) is 24.3 Å². The number of hydrogen-bond donors (Lipinski definition) is 1. The maximum Gasteiger partial charge on any atom is 0.259 e. The number of aryl methyl sites for hydroxylation is 1. The van der Waals surface area contributed by atoms with Crippen molar-refractivity contribution in [3.8, 4) is 11.4 Å². The van der Waals surface area contributed by atoms with E-state index in [2.05, 4.69) is 29.8 Å². The third kappa shape index (κ3) is 4.96. The molecule has 1 aromatic heterocycles. The molecule has 5 heteroatoms. The molecule has 28 heavy (non-hydrogen) atoms. The van der Waals surface area contributed by atoms with E-state index in [9.17, 15) is 4.79 Å². The average molecular weight is 384 g/mol. The van der Waals surface area contributed by atoms with Gasteiger partial charge in [-0.3, -0.25) is 4.79 Å². The predicted molar refractivity (Wildman–Crippen MR) is 113 cm³/mol. The first kappa shape index (κ1) is 20.5. The lowest BCUT2D eigenvalue weighted by atomic mass is 9.95. The fourth-order valence-electron chi connectivity index (χ4n) is 3.93. The molecule has 2 aromatic rings. The molecule has 1 fully saturated rings. The molecule has 152 valence electrons. The van der Waals surface area contributed by atoms with Gasteiger partial charge in [0.05, 0.1) is 0 Å². The van der Waals surface area contributed by atoms with Gasteiger partial charge in [0, 0.05) is 43.8 Å². The monoisotopic (exact) mass is 383 g/mol. The second-order valence-electron chi connectivity index (χ2n) is 8.02. The number of carbonyl (C=O) groups excluding carboxylic acids is 1. The van der Waals surface area contributed by atoms with Crippen LogP contribution in [-0.2, 0) is 11.3 Å². The molecule has 1 heterocycles. The van der Waals surface area contributed by atoms with Crippen molar-refractivity contribution < 1.29 is 9.53 Å². The Kier molecular flexibility index (Phi) is 6.79. The largest absolute Gasteiger partial charge is 0.484 e. The van der Waals surface area contributed by atoms with E-state index in [1.54, 1.807) is 14.1 Å². The van der Waals surface area contributed by atoms with Gasteiger partial charge in [-0.25, -0.2) is 0 Å². The van der Waals surface area contributed by atoms with Crippen molar-refractivity contribution in [1.29, 1.82) is 0 Å². The number of aromatic nitrogens is 1. The molecule has 0 atom stereocenters. The van der Waals surface area contributed by atoms with Crippen LogP contribution in [0.2, 0.25) is 0 Å². The molecule has 0 bridgehead atoms. The second kappa shape index (κ2) is 9.28. The summed E-state index contributed by atoms with van der Waals surface area (Å²) in [5.41, 5.74) is 4.98. The first-order valence-electron chi connectivity index (χ1n) is 10.3. The van der Waals surface area contributed by atoms with Gasteiger partial charge in [0.15, 0.2) is 6.61 Å². The van der Waals surface area contributed by atoms with Gasteiger partial charge < -0.3 is 19.5 Å². The summed E-state index contributed by atoms with van der Waals surface area (Å²) in [5.74, 6) is 0.664. The predicted octanol–water partition coefficient (Wildman–Crippen LogP) is 3.98. The van der Waals surface area contributed by atoms with E-state index < -0.39 is 0 Å². The number of nitrogens with one attached hydrogen (secondary N) is 1. The molecule has 1 N–H and O–H groups in total. The zero-order valence-corrected chi connectivity index (χ0v) is 17.6. The van der Waals surface area contributed by atoms with Gasteiger partial charge in [0.2, 0.25) is 0 Å². The highest BCUT2D eigenvalue weighted by Crippen LogP contribution is 2.24. The number of likely N-dealkylation sites (N-methyl/N-ethyl adjacent to an activating group) is 1. The molecule has 0 radical (unpaired) electrons. The van der Waals surface area contributed by atoms with Gasteiger partial charge in [-0.1, -0.05) is 19.3 Å².